The van der Waals surface area contributed by atoms with Crippen LogP contribution in [0.4, 0.5) is 83.4 Å². The predicted molar refractivity (Wildman–Crippen MR) is 94.0 cm³/mol. The molecule has 2 amide bonds. The zero-order valence-electron chi connectivity index (χ0n) is 19.8. The Morgan fingerprint density at radius 1 is 0.591 bits per heavy atom. The van der Waals surface area contributed by atoms with Gasteiger partial charge in [0, 0.05) is 12.8 Å². The lowest BCUT2D eigenvalue weighted by atomic mass is 9.91. The van der Waals surface area contributed by atoms with Crippen LogP contribution in [0.15, 0.2) is 0 Å². The number of hydrogen-bond acceptors (Lipinski definition) is 5. The molecule has 1 aliphatic heterocycles. The molecule has 0 unspecified atom stereocenters. The van der Waals surface area contributed by atoms with Gasteiger partial charge in [0.25, 0.3) is 11.8 Å². The Morgan fingerprint density at radius 2 is 0.955 bits per heavy atom. The maximum Gasteiger partial charge on any atom is 0.460 e. The number of carbonyl (C=O) groups excluding carboxylic acids is 3. The van der Waals surface area contributed by atoms with Crippen LogP contribution in [0.25, 0.3) is 0 Å². The van der Waals surface area contributed by atoms with Gasteiger partial charge in [-0.2, -0.15) is 74.6 Å². The normalized spacial score (nSPS) is 16.1. The van der Waals surface area contributed by atoms with Gasteiger partial charge in [-0.25, -0.2) is 13.6 Å². The van der Waals surface area contributed by atoms with E-state index in [1.807, 2.05) is 0 Å². The molecule has 0 atom stereocenters. The molecule has 0 bridgehead atoms. The highest BCUT2D eigenvalue weighted by molar-refractivity contribution is 6.02. The summed E-state index contributed by atoms with van der Waals surface area (Å²) in [6.45, 7) is -3.87. The molecule has 1 aromatic carbocycles. The largest absolute Gasteiger partial charge is 0.481 e. The first-order chi connectivity index (χ1) is 19.4. The molecule has 250 valence electrons. The molecule has 6 nitrogen and oxygen atoms in total. The van der Waals surface area contributed by atoms with Crippen LogP contribution in [0.1, 0.15) is 23.2 Å². The van der Waals surface area contributed by atoms with Crippen LogP contribution in [0, 0.1) is 23.3 Å². The first-order valence-corrected chi connectivity index (χ1v) is 10.3. The Kier molecular flexibility index (Phi) is 8.90. The number of imide groups is 1. The summed E-state index contributed by atoms with van der Waals surface area (Å²) in [5.74, 6) is -70.3. The van der Waals surface area contributed by atoms with Crippen molar-refractivity contribution in [2.75, 3.05) is 6.61 Å². The minimum absolute atomic E-state index is 0.450. The lowest BCUT2D eigenvalue weighted by Crippen LogP contribution is -2.73. The maximum atomic E-state index is 14.2. The van der Waals surface area contributed by atoms with E-state index in [1.54, 1.807) is 0 Å². The third-order valence-electron chi connectivity index (χ3n) is 5.40. The van der Waals surface area contributed by atoms with Gasteiger partial charge in [-0.1, -0.05) is 0 Å². The van der Waals surface area contributed by atoms with E-state index in [0.717, 1.165) is 0 Å². The van der Waals surface area contributed by atoms with Crippen LogP contribution >= 0.6 is 0 Å². The summed E-state index contributed by atoms with van der Waals surface area (Å²) in [6.07, 6.45) is -9.14. The predicted octanol–water partition coefficient (Wildman–Crippen LogP) is 6.22. The molecule has 1 heterocycles. The molecule has 0 spiro atoms. The fourth-order valence-corrected chi connectivity index (χ4v) is 2.96. The number of benzene rings is 1. The van der Waals surface area contributed by atoms with Crippen molar-refractivity contribution in [3.8, 4) is 5.75 Å². The Hall–Kier alpha value is -3.70. The molecule has 0 N–H and O–H groups in total. The van der Waals surface area contributed by atoms with Crippen molar-refractivity contribution in [3.05, 3.63) is 28.8 Å². The molecule has 1 fully saturated rings. The summed E-state index contributed by atoms with van der Waals surface area (Å²) in [6, 6.07) is 0. The van der Waals surface area contributed by atoms with Gasteiger partial charge < -0.3 is 9.57 Å². The lowest BCUT2D eigenvalue weighted by molar-refractivity contribution is -0.453. The zero-order valence-corrected chi connectivity index (χ0v) is 19.8. The van der Waals surface area contributed by atoms with E-state index in [0.29, 0.717) is 0 Å². The SMILES string of the molecule is O=C(ON1C(=O)CCC1=O)c1c(F)c(F)c(OCC(F)(F)C(F)(F)C(F)(F)C(F)(F)C(F)(F)C(F)(F)C(F)(F)F)c(F)c1F. The van der Waals surface area contributed by atoms with Gasteiger partial charge in [0.05, 0.1) is 0 Å². The van der Waals surface area contributed by atoms with Crippen LogP contribution in [-0.4, -0.2) is 71.2 Å². The maximum absolute atomic E-state index is 14.2. The van der Waals surface area contributed by atoms with Crippen molar-refractivity contribution in [2.45, 2.75) is 54.6 Å². The van der Waals surface area contributed by atoms with Crippen molar-refractivity contribution in [1.82, 2.24) is 5.06 Å². The average molecular weight is 689 g/mol. The summed E-state index contributed by atoms with van der Waals surface area (Å²) in [4.78, 5) is 38.5. The molecule has 0 saturated carbocycles. The van der Waals surface area contributed by atoms with Crippen molar-refractivity contribution < 1.29 is 107 Å². The number of nitrogens with zero attached hydrogens (tertiary/aromatic N) is 1. The third-order valence-corrected chi connectivity index (χ3v) is 5.40. The summed E-state index contributed by atoms with van der Waals surface area (Å²) in [5, 5.41) is -0.450. The third kappa shape index (κ3) is 5.19. The van der Waals surface area contributed by atoms with Crippen molar-refractivity contribution >= 4 is 17.8 Å². The smallest absolute Gasteiger partial charge is 0.460 e. The number of halogens is 19. The van der Waals surface area contributed by atoms with Crippen molar-refractivity contribution in [1.29, 1.82) is 0 Å². The lowest BCUT2D eigenvalue weighted by Gasteiger charge is -2.41. The number of carbonyl (C=O) groups is 3. The van der Waals surface area contributed by atoms with E-state index in [4.69, 9.17) is 0 Å². The minimum atomic E-state index is -8.69. The van der Waals surface area contributed by atoms with Gasteiger partial charge in [0.1, 0.15) is 5.56 Å². The fourth-order valence-electron chi connectivity index (χ4n) is 2.96. The van der Waals surface area contributed by atoms with Crippen LogP contribution < -0.4 is 4.74 Å². The summed E-state index contributed by atoms with van der Waals surface area (Å²) >= 11 is 0. The van der Waals surface area contributed by atoms with Gasteiger partial charge in [0.2, 0.25) is 11.6 Å². The van der Waals surface area contributed by atoms with E-state index in [-0.39, 0.29) is 0 Å². The van der Waals surface area contributed by atoms with Gasteiger partial charge in [0.15, 0.2) is 24.0 Å². The van der Waals surface area contributed by atoms with Crippen LogP contribution in [0.2, 0.25) is 0 Å². The Balaban J connectivity index is 2.46. The molecule has 0 radical (unpaired) electrons. The zero-order chi connectivity index (χ0) is 34.8. The molecule has 2 rings (SSSR count). The molecular formula is C19H6F19NO5. The highest BCUT2D eigenvalue weighted by Crippen LogP contribution is 2.62. The second-order valence-corrected chi connectivity index (χ2v) is 8.28. The Morgan fingerprint density at radius 3 is 1.34 bits per heavy atom. The Bertz CT molecular complexity index is 1310. The summed E-state index contributed by atoms with van der Waals surface area (Å²) in [5.41, 5.74) is -2.52. The second kappa shape index (κ2) is 10.7. The van der Waals surface area contributed by atoms with Crippen LogP contribution in [0.3, 0.4) is 0 Å². The molecule has 0 aliphatic carbocycles. The number of hydrogen-bond donors (Lipinski definition) is 0. The monoisotopic (exact) mass is 689 g/mol. The molecule has 25 heteroatoms. The molecule has 1 saturated heterocycles. The molecule has 44 heavy (non-hydrogen) atoms. The molecule has 1 aliphatic rings. The molecule has 1 aromatic rings. The highest BCUT2D eigenvalue weighted by atomic mass is 19.4. The molecular weight excluding hydrogens is 683 g/mol. The number of ether oxygens (including phenoxy) is 1. The standard InChI is InChI=1S/C19H6F19NO5/c20-7-6(12(42)44-39-4(40)1-2-5(39)41)8(21)10(23)11(9(7)22)43-3-13(24,25)14(26,27)15(28,29)16(30,31)17(32,33)18(34,35)19(36,37)38/h1-3H2. The minimum Gasteiger partial charge on any atom is -0.481 e. The van der Waals surface area contributed by atoms with E-state index < -0.39 is 119 Å². The Labute approximate surface area is 227 Å². The first kappa shape index (κ1) is 36.5. The van der Waals surface area contributed by atoms with E-state index in [2.05, 4.69) is 9.57 Å². The number of hydroxylamine groups is 2. The van der Waals surface area contributed by atoms with E-state index >= 15 is 0 Å². The van der Waals surface area contributed by atoms with Gasteiger partial charge in [-0.05, 0) is 0 Å². The van der Waals surface area contributed by atoms with Gasteiger partial charge in [-0.3, -0.25) is 9.59 Å². The van der Waals surface area contributed by atoms with Crippen LogP contribution in [-0.2, 0) is 14.4 Å². The van der Waals surface area contributed by atoms with Gasteiger partial charge >= 0.3 is 47.7 Å². The van der Waals surface area contributed by atoms with E-state index in [9.17, 15) is 97.8 Å². The van der Waals surface area contributed by atoms with Crippen molar-refractivity contribution in [2.24, 2.45) is 0 Å². The summed E-state index contributed by atoms with van der Waals surface area (Å²) in [7, 11) is 0. The number of alkyl halides is 15. The van der Waals surface area contributed by atoms with Crippen LogP contribution in [0.5, 0.6) is 5.75 Å². The van der Waals surface area contributed by atoms with Crippen molar-refractivity contribution in [3.63, 3.8) is 0 Å². The first-order valence-electron chi connectivity index (χ1n) is 10.3. The number of amides is 2. The quantitative estimate of drug-likeness (QED) is 0.166. The summed E-state index contributed by atoms with van der Waals surface area (Å²) < 4.78 is 258. The highest BCUT2D eigenvalue weighted by Gasteiger charge is 2.93. The topological polar surface area (TPSA) is 72.9 Å². The van der Waals surface area contributed by atoms with E-state index in [1.165, 1.54) is 0 Å². The second-order valence-electron chi connectivity index (χ2n) is 8.28. The molecule has 0 aromatic heterocycles. The average Bonchev–Trinajstić information content (AvgIpc) is 3.18. The van der Waals surface area contributed by atoms with Gasteiger partial charge in [-0.15, -0.1) is 5.06 Å². The fraction of sp³-hybridized carbons (Fsp3) is 0.526. The number of rotatable bonds is 10.